The van der Waals surface area contributed by atoms with Crippen molar-refractivity contribution >= 4 is 55.7 Å². The molecule has 0 saturated carbocycles. The van der Waals surface area contributed by atoms with Crippen molar-refractivity contribution in [3.05, 3.63) is 83.5 Å². The molecule has 2 fully saturated rings. The third-order valence-electron chi connectivity index (χ3n) is 13.1. The van der Waals surface area contributed by atoms with E-state index < -0.39 is 76.6 Å². The first-order valence-electron chi connectivity index (χ1n) is 27.2. The van der Waals surface area contributed by atoms with Gasteiger partial charge < -0.3 is 35.0 Å². The number of nitrogens with zero attached hydrogens (tertiary/aromatic N) is 8. The fourth-order valence-electron chi connectivity index (χ4n) is 9.05. The molecular weight excluding hydrogens is 1120 g/mol. The number of sulfonamides is 2. The van der Waals surface area contributed by atoms with Crippen LogP contribution in [0.25, 0.3) is 0 Å². The number of anilines is 2. The number of carbonyl (C=O) groups excluding carboxylic acids is 3. The van der Waals surface area contributed by atoms with E-state index in [2.05, 4.69) is 54.4 Å². The summed E-state index contributed by atoms with van der Waals surface area (Å²) in [6.07, 6.45) is 9.48. The van der Waals surface area contributed by atoms with E-state index in [9.17, 15) is 44.8 Å². The van der Waals surface area contributed by atoms with Crippen molar-refractivity contribution in [3.8, 4) is 0 Å². The number of carboxylic acids is 1. The molecule has 27 heteroatoms. The Labute approximate surface area is 487 Å². The predicted molar refractivity (Wildman–Crippen MR) is 309 cm³/mol. The third kappa shape index (κ3) is 21.1. The molecule has 0 spiro atoms. The first-order chi connectivity index (χ1) is 37.9. The van der Waals surface area contributed by atoms with Crippen LogP contribution in [-0.2, 0) is 40.4 Å². The lowest BCUT2D eigenvalue weighted by atomic mass is 9.91. The molecule has 2 aliphatic rings. The van der Waals surface area contributed by atoms with Gasteiger partial charge in [-0.3, -0.25) is 14.8 Å². The number of carbonyl (C=O) groups is 4. The number of rotatable bonds is 15. The van der Waals surface area contributed by atoms with Gasteiger partial charge >= 0.3 is 18.2 Å². The Hall–Kier alpha value is -6.74. The van der Waals surface area contributed by atoms with Gasteiger partial charge in [-0.2, -0.15) is 17.2 Å². The number of halogens is 2. The average Bonchev–Trinajstić information content (AvgIpc) is 3.91. The lowest BCUT2D eigenvalue weighted by Crippen LogP contribution is -2.45. The zero-order valence-electron chi connectivity index (χ0n) is 50.6. The van der Waals surface area contributed by atoms with Gasteiger partial charge in [-0.15, -0.1) is 0 Å². The number of likely N-dealkylation sites (tertiary alicyclic amines) is 2. The number of pyridine rings is 2. The second kappa shape index (κ2) is 26.9. The van der Waals surface area contributed by atoms with Crippen molar-refractivity contribution in [2.24, 2.45) is 17.0 Å². The zero-order chi connectivity index (χ0) is 62.9. The van der Waals surface area contributed by atoms with Crippen LogP contribution in [0.3, 0.4) is 0 Å². The van der Waals surface area contributed by atoms with Crippen molar-refractivity contribution in [3.63, 3.8) is 0 Å². The van der Waals surface area contributed by atoms with E-state index >= 15 is 0 Å². The number of aromatic nitrogens is 6. The van der Waals surface area contributed by atoms with Crippen LogP contribution in [0.5, 0.6) is 0 Å². The van der Waals surface area contributed by atoms with Gasteiger partial charge in [0.25, 0.3) is 26.0 Å². The Balaban J connectivity index is 0.000000302. The quantitative estimate of drug-likeness (QED) is 0.0547. The molecule has 2 saturated heterocycles. The summed E-state index contributed by atoms with van der Waals surface area (Å²) < 4.78 is 88.8. The Morgan fingerprint density at radius 2 is 1.01 bits per heavy atom. The van der Waals surface area contributed by atoms with E-state index in [1.54, 1.807) is 4.90 Å². The molecule has 0 aliphatic carbocycles. The minimum absolute atomic E-state index is 0.213. The van der Waals surface area contributed by atoms with Crippen LogP contribution in [-0.4, -0.2) is 134 Å². The van der Waals surface area contributed by atoms with Gasteiger partial charge in [0.1, 0.15) is 28.4 Å². The summed E-state index contributed by atoms with van der Waals surface area (Å²) in [5, 5.41) is 19.0. The van der Waals surface area contributed by atoms with E-state index in [-0.39, 0.29) is 39.5 Å². The SMILES string of the molecule is CC(C)(C)OC(=O)N1CC(CCCNc2cncc(S(=O)(=O)NC(=O)c3ccc(C(C)(C)C)nc3F)n2)CC1(C)C.CC(C)(C)OC(=O)N1CC(CCCNc2cncc(S(N)(=O)=O)n2)CC1(C)C.CC(C)(C)c1ccc(C(=O)O)c(F)n1. The van der Waals surface area contributed by atoms with E-state index in [1.165, 1.54) is 36.7 Å². The van der Waals surface area contributed by atoms with E-state index in [4.69, 9.17) is 19.7 Å². The second-order valence-corrected chi connectivity index (χ2v) is 29.1. The van der Waals surface area contributed by atoms with Gasteiger partial charge in [0.15, 0.2) is 10.1 Å². The number of nitrogens with one attached hydrogen (secondary N) is 3. The smallest absolute Gasteiger partial charge is 0.410 e. The van der Waals surface area contributed by atoms with E-state index in [0.717, 1.165) is 50.9 Å². The number of hydrogen-bond donors (Lipinski definition) is 5. The van der Waals surface area contributed by atoms with Crippen molar-refractivity contribution in [1.29, 1.82) is 0 Å². The van der Waals surface area contributed by atoms with Crippen molar-refractivity contribution in [2.75, 3.05) is 36.8 Å². The monoisotopic (exact) mass is 1200 g/mol. The largest absolute Gasteiger partial charge is 0.478 e. The van der Waals surface area contributed by atoms with Crippen molar-refractivity contribution in [1.82, 2.24) is 44.4 Å². The molecule has 460 valence electrons. The summed E-state index contributed by atoms with van der Waals surface area (Å²) in [4.78, 5) is 75.0. The molecule has 6 N–H and O–H groups in total. The maximum absolute atomic E-state index is 14.5. The number of amides is 3. The van der Waals surface area contributed by atoms with Crippen LogP contribution in [0.15, 0.2) is 59.1 Å². The van der Waals surface area contributed by atoms with Crippen LogP contribution in [0.2, 0.25) is 0 Å². The molecule has 0 bridgehead atoms. The summed E-state index contributed by atoms with van der Waals surface area (Å²) in [6, 6.07) is 5.46. The van der Waals surface area contributed by atoms with Crippen LogP contribution in [0, 0.1) is 23.7 Å². The Morgan fingerprint density at radius 3 is 1.37 bits per heavy atom. The molecular formula is C56H84F2N12O11S2. The van der Waals surface area contributed by atoms with Crippen molar-refractivity contribution < 1.29 is 59.4 Å². The molecule has 2 atom stereocenters. The number of carboxylic acid groups (broad SMARTS) is 1. The van der Waals surface area contributed by atoms with Crippen LogP contribution in [0.1, 0.15) is 181 Å². The second-order valence-electron chi connectivity index (χ2n) is 25.9. The normalized spacial score (nSPS) is 17.0. The maximum Gasteiger partial charge on any atom is 0.410 e. The van der Waals surface area contributed by atoms with Gasteiger partial charge in [-0.25, -0.2) is 52.6 Å². The van der Waals surface area contributed by atoms with Gasteiger partial charge in [-0.05, 0) is 144 Å². The lowest BCUT2D eigenvalue weighted by molar-refractivity contribution is 0.0118. The highest BCUT2D eigenvalue weighted by molar-refractivity contribution is 7.90. The van der Waals surface area contributed by atoms with Gasteiger partial charge in [-0.1, -0.05) is 41.5 Å². The first-order valence-corrected chi connectivity index (χ1v) is 30.2. The minimum Gasteiger partial charge on any atom is -0.478 e. The summed E-state index contributed by atoms with van der Waals surface area (Å²) >= 11 is 0. The van der Waals surface area contributed by atoms with Gasteiger partial charge in [0.2, 0.25) is 11.9 Å². The molecule has 4 aromatic rings. The van der Waals surface area contributed by atoms with Crippen LogP contribution < -0.4 is 20.5 Å². The summed E-state index contributed by atoms with van der Waals surface area (Å²) in [6.45, 7) is 32.9. The number of primary sulfonamides is 1. The van der Waals surface area contributed by atoms with Gasteiger partial charge in [0.05, 0.1) is 30.4 Å². The zero-order valence-corrected chi connectivity index (χ0v) is 52.2. The Bertz CT molecular complexity index is 3180. The summed E-state index contributed by atoms with van der Waals surface area (Å²) in [5.74, 6) is -3.19. The molecule has 0 radical (unpaired) electrons. The average molecular weight is 1200 g/mol. The minimum atomic E-state index is -4.43. The number of hydrogen-bond acceptors (Lipinski definition) is 18. The number of aromatic carboxylic acids is 1. The number of ether oxygens (including phenoxy) is 2. The molecule has 23 nitrogen and oxygen atoms in total. The Kier molecular flexibility index (Phi) is 22.3. The van der Waals surface area contributed by atoms with Gasteiger partial charge in [0, 0.05) is 59.5 Å². The topological polar surface area (TPSA) is 321 Å². The molecule has 2 aliphatic heterocycles. The highest BCUT2D eigenvalue weighted by Crippen LogP contribution is 2.37. The molecule has 3 amide bonds. The predicted octanol–water partition coefficient (Wildman–Crippen LogP) is 9.22. The highest BCUT2D eigenvalue weighted by atomic mass is 32.2. The molecule has 6 rings (SSSR count). The standard InChI is InChI=1S/C28H41FN6O5S.C18H31N5O4S.C10H12FNO2/c1-26(2,3)20-12-11-19(23(29)32-20)24(36)34-41(38,39)22-16-30-15-21(33-22)31-13-9-10-18-14-28(7,8)35(17-18)25(37)40-27(4,5)6;1-17(2,3)27-16(24)23-12-13(9-18(23,4)5)7-6-8-21-14-10-20-11-15(22-14)28(19,25)26;1-10(2,3)7-5-4-6(9(13)14)8(11)12-7/h11-12,15-16,18H,9-10,13-14,17H2,1-8H3,(H,31,33)(H,34,36);10-11,13H,6-9,12H2,1-5H3,(H,21,22)(H2,19,25,26);4-5H,1-3H3,(H,13,14). The molecule has 6 heterocycles. The summed E-state index contributed by atoms with van der Waals surface area (Å²) in [5.41, 5.74) is -2.27. The summed E-state index contributed by atoms with van der Waals surface area (Å²) in [7, 11) is -8.30. The molecule has 0 aromatic carbocycles. The Morgan fingerprint density at radius 1 is 0.627 bits per heavy atom. The molecule has 83 heavy (non-hydrogen) atoms. The third-order valence-corrected chi connectivity index (χ3v) is 15.0. The van der Waals surface area contributed by atoms with E-state index in [1.807, 2.05) is 107 Å². The highest BCUT2D eigenvalue weighted by Gasteiger charge is 2.44. The van der Waals surface area contributed by atoms with E-state index in [0.29, 0.717) is 55.2 Å². The maximum atomic E-state index is 14.5. The molecule has 4 aromatic heterocycles. The first kappa shape index (κ1) is 68.8. The van der Waals surface area contributed by atoms with Crippen LogP contribution in [0.4, 0.5) is 30.0 Å². The fourth-order valence-corrected chi connectivity index (χ4v) is 10.4. The molecule has 2 unspecified atom stereocenters. The number of nitrogens with two attached hydrogens (primary N) is 1. The fraction of sp³-hybridized carbons (Fsp3) is 0.607. The van der Waals surface area contributed by atoms with Crippen LogP contribution >= 0.6 is 0 Å². The van der Waals surface area contributed by atoms with Crippen molar-refractivity contribution in [2.45, 2.75) is 192 Å². The lowest BCUT2D eigenvalue weighted by Gasteiger charge is -2.33.